The maximum Gasteiger partial charge on any atom is 0.494 e. The van der Waals surface area contributed by atoms with Gasteiger partial charge in [-0.3, -0.25) is 4.79 Å². The van der Waals surface area contributed by atoms with Crippen molar-refractivity contribution in [3.63, 3.8) is 0 Å². The largest absolute Gasteiger partial charge is 0.497 e. The maximum atomic E-state index is 12.7. The van der Waals surface area contributed by atoms with Gasteiger partial charge in [-0.2, -0.15) is 0 Å². The van der Waals surface area contributed by atoms with Crippen molar-refractivity contribution in [2.75, 3.05) is 12.4 Å². The predicted molar refractivity (Wildman–Crippen MR) is 121 cm³/mol. The Morgan fingerprint density at radius 2 is 1.47 bits per heavy atom. The lowest BCUT2D eigenvalue weighted by atomic mass is 9.79. The minimum atomic E-state index is -0.419. The van der Waals surface area contributed by atoms with Gasteiger partial charge in [0.05, 0.1) is 18.3 Å². The Bertz CT molecular complexity index is 1080. The lowest BCUT2D eigenvalue weighted by Gasteiger charge is -2.32. The second kappa shape index (κ2) is 7.45. The molecule has 1 fully saturated rings. The Balaban J connectivity index is 1.47. The molecule has 0 aliphatic carbocycles. The molecule has 0 saturated carbocycles. The third-order valence-corrected chi connectivity index (χ3v) is 6.00. The summed E-state index contributed by atoms with van der Waals surface area (Å²) in [5, 5.41) is 4.96. The van der Waals surface area contributed by atoms with Gasteiger partial charge in [-0.15, -0.1) is 0 Å². The summed E-state index contributed by atoms with van der Waals surface area (Å²) in [6, 6.07) is 19.0. The van der Waals surface area contributed by atoms with Crippen LogP contribution < -0.4 is 15.5 Å². The van der Waals surface area contributed by atoms with Gasteiger partial charge in [-0.25, -0.2) is 0 Å². The summed E-state index contributed by atoms with van der Waals surface area (Å²) in [6.07, 6.45) is 0. The number of carbonyl (C=O) groups is 1. The topological polar surface area (TPSA) is 56.8 Å². The van der Waals surface area contributed by atoms with Crippen LogP contribution in [0.4, 0.5) is 5.69 Å². The smallest absolute Gasteiger partial charge is 0.494 e. The molecule has 1 aliphatic heterocycles. The van der Waals surface area contributed by atoms with E-state index in [4.69, 9.17) is 14.0 Å². The number of hydrogen-bond acceptors (Lipinski definition) is 4. The van der Waals surface area contributed by atoms with Gasteiger partial charge in [0.2, 0.25) is 0 Å². The number of nitrogens with one attached hydrogen (secondary N) is 1. The molecule has 4 rings (SSSR count). The van der Waals surface area contributed by atoms with Crippen molar-refractivity contribution in [3.05, 3.63) is 66.2 Å². The third kappa shape index (κ3) is 3.81. The summed E-state index contributed by atoms with van der Waals surface area (Å²) >= 11 is 0. The Morgan fingerprint density at radius 1 is 0.867 bits per heavy atom. The predicted octanol–water partition coefficient (Wildman–Crippen LogP) is 4.40. The Hall–Kier alpha value is -2.83. The molecule has 3 aromatic carbocycles. The first-order chi connectivity index (χ1) is 14.2. The molecule has 0 atom stereocenters. The highest BCUT2D eigenvalue weighted by Crippen LogP contribution is 2.36. The van der Waals surface area contributed by atoms with E-state index in [-0.39, 0.29) is 17.1 Å². The zero-order chi connectivity index (χ0) is 21.5. The summed E-state index contributed by atoms with van der Waals surface area (Å²) in [6.45, 7) is 8.12. The highest BCUT2D eigenvalue weighted by atomic mass is 16.7. The van der Waals surface area contributed by atoms with Crippen molar-refractivity contribution in [1.82, 2.24) is 0 Å². The Labute approximate surface area is 177 Å². The van der Waals surface area contributed by atoms with Gasteiger partial charge in [0, 0.05) is 11.3 Å². The van der Waals surface area contributed by atoms with Crippen LogP contribution in [0.25, 0.3) is 10.8 Å². The first-order valence-electron chi connectivity index (χ1n) is 10.0. The molecule has 0 unspecified atom stereocenters. The number of anilines is 1. The fourth-order valence-electron chi connectivity index (χ4n) is 3.40. The van der Waals surface area contributed by atoms with E-state index in [1.807, 2.05) is 88.4 Å². The summed E-state index contributed by atoms with van der Waals surface area (Å²) in [5.74, 6) is 0.637. The average molecular weight is 403 g/mol. The normalized spacial score (nSPS) is 17.2. The highest BCUT2D eigenvalue weighted by molar-refractivity contribution is 6.62. The number of ether oxygens (including phenoxy) is 1. The summed E-state index contributed by atoms with van der Waals surface area (Å²) in [4.78, 5) is 12.7. The zero-order valence-electron chi connectivity index (χ0n) is 18.0. The molecule has 1 saturated heterocycles. The van der Waals surface area contributed by atoms with E-state index in [2.05, 4.69) is 5.32 Å². The van der Waals surface area contributed by atoms with Gasteiger partial charge in [0.25, 0.3) is 5.91 Å². The SMILES string of the molecule is COc1ccc2cc(C(=O)Nc3ccc(B4OC(C)(C)C(C)(C)O4)cc3)ccc2c1. The van der Waals surface area contributed by atoms with E-state index >= 15 is 0 Å². The summed E-state index contributed by atoms with van der Waals surface area (Å²) in [5.41, 5.74) is 1.47. The van der Waals surface area contributed by atoms with E-state index in [9.17, 15) is 4.79 Å². The molecular weight excluding hydrogens is 377 g/mol. The fourth-order valence-corrected chi connectivity index (χ4v) is 3.40. The molecule has 1 N–H and O–H groups in total. The molecule has 0 radical (unpaired) electrons. The molecule has 30 heavy (non-hydrogen) atoms. The van der Waals surface area contributed by atoms with E-state index in [1.165, 1.54) is 0 Å². The van der Waals surface area contributed by atoms with E-state index in [1.54, 1.807) is 7.11 Å². The molecule has 1 aliphatic rings. The minimum Gasteiger partial charge on any atom is -0.497 e. The molecule has 3 aromatic rings. The molecule has 0 aromatic heterocycles. The van der Waals surface area contributed by atoms with Crippen LogP contribution in [-0.2, 0) is 9.31 Å². The molecule has 154 valence electrons. The van der Waals surface area contributed by atoms with Crippen LogP contribution in [0.5, 0.6) is 5.75 Å². The number of rotatable bonds is 4. The number of carbonyl (C=O) groups excluding carboxylic acids is 1. The second-order valence-corrected chi connectivity index (χ2v) is 8.59. The first-order valence-corrected chi connectivity index (χ1v) is 10.0. The van der Waals surface area contributed by atoms with Gasteiger partial charge >= 0.3 is 7.12 Å². The fraction of sp³-hybridized carbons (Fsp3) is 0.292. The molecule has 5 nitrogen and oxygen atoms in total. The van der Waals surface area contributed by atoms with Gasteiger partial charge in [0.15, 0.2) is 0 Å². The van der Waals surface area contributed by atoms with Crippen LogP contribution in [0.2, 0.25) is 0 Å². The van der Waals surface area contributed by atoms with Crippen LogP contribution in [0.3, 0.4) is 0 Å². The lowest BCUT2D eigenvalue weighted by molar-refractivity contribution is 0.00578. The Kier molecular flexibility index (Phi) is 5.08. The van der Waals surface area contributed by atoms with Crippen LogP contribution in [-0.4, -0.2) is 31.3 Å². The summed E-state index contributed by atoms with van der Waals surface area (Å²) in [7, 11) is 1.22. The number of fused-ring (bicyclic) bond motifs is 1. The van der Waals surface area contributed by atoms with E-state index in [0.29, 0.717) is 5.56 Å². The second-order valence-electron chi connectivity index (χ2n) is 8.59. The number of hydrogen-bond donors (Lipinski definition) is 1. The molecule has 6 heteroatoms. The molecule has 1 amide bonds. The molecule has 0 bridgehead atoms. The Morgan fingerprint density at radius 3 is 2.10 bits per heavy atom. The van der Waals surface area contributed by atoms with Crippen molar-refractivity contribution >= 4 is 34.9 Å². The van der Waals surface area contributed by atoms with Crippen molar-refractivity contribution in [1.29, 1.82) is 0 Å². The lowest BCUT2D eigenvalue weighted by Crippen LogP contribution is -2.41. The van der Waals surface area contributed by atoms with Gasteiger partial charge < -0.3 is 19.4 Å². The van der Waals surface area contributed by atoms with Gasteiger partial charge in [0.1, 0.15) is 5.75 Å². The molecule has 0 spiro atoms. The van der Waals surface area contributed by atoms with Crippen molar-refractivity contribution in [2.45, 2.75) is 38.9 Å². The average Bonchev–Trinajstić information content (AvgIpc) is 2.94. The molecule has 1 heterocycles. The maximum absolute atomic E-state index is 12.7. The van der Waals surface area contributed by atoms with Crippen molar-refractivity contribution in [3.8, 4) is 5.75 Å². The standard InChI is InChI=1S/C24H26BNO4/c1-23(2)24(3,4)30-25(29-23)19-9-11-20(12-10-19)26-22(27)18-7-6-17-15-21(28-5)13-8-16(17)14-18/h6-15H,1-5H3,(H,26,27). The van der Waals surface area contributed by atoms with Crippen LogP contribution >= 0.6 is 0 Å². The summed E-state index contributed by atoms with van der Waals surface area (Å²) < 4.78 is 17.4. The number of amides is 1. The van der Waals surface area contributed by atoms with Crippen LogP contribution in [0, 0.1) is 0 Å². The minimum absolute atomic E-state index is 0.156. The monoisotopic (exact) mass is 403 g/mol. The van der Waals surface area contributed by atoms with Gasteiger partial charge in [-0.1, -0.05) is 24.3 Å². The van der Waals surface area contributed by atoms with Crippen molar-refractivity contribution in [2.24, 2.45) is 0 Å². The quantitative estimate of drug-likeness (QED) is 0.657. The van der Waals surface area contributed by atoms with E-state index in [0.717, 1.165) is 27.7 Å². The number of methoxy groups -OCH3 is 1. The molecular formula is C24H26BNO4. The van der Waals surface area contributed by atoms with Gasteiger partial charge in [-0.05, 0) is 80.3 Å². The van der Waals surface area contributed by atoms with Crippen LogP contribution in [0.15, 0.2) is 60.7 Å². The van der Waals surface area contributed by atoms with E-state index < -0.39 is 7.12 Å². The zero-order valence-corrected chi connectivity index (χ0v) is 18.0. The number of benzene rings is 3. The highest BCUT2D eigenvalue weighted by Gasteiger charge is 2.51. The van der Waals surface area contributed by atoms with Crippen LogP contribution in [0.1, 0.15) is 38.1 Å². The van der Waals surface area contributed by atoms with Crippen molar-refractivity contribution < 1.29 is 18.8 Å². The third-order valence-electron chi connectivity index (χ3n) is 6.00. The first kappa shape index (κ1) is 20.4.